The van der Waals surface area contributed by atoms with Crippen molar-refractivity contribution in [1.82, 2.24) is 40.2 Å². The van der Waals surface area contributed by atoms with E-state index < -0.39 is 0 Å². The highest BCUT2D eigenvalue weighted by molar-refractivity contribution is 7.11. The van der Waals surface area contributed by atoms with Gasteiger partial charge in [-0.3, -0.25) is 14.5 Å². The minimum absolute atomic E-state index is 0.148. The van der Waals surface area contributed by atoms with Crippen LogP contribution in [0.1, 0.15) is 39.0 Å². The fraction of sp³-hybridized carbons (Fsp3) is 0.385. The molecule has 23 heavy (non-hydrogen) atoms. The summed E-state index contributed by atoms with van der Waals surface area (Å²) >= 11 is 1.68. The van der Waals surface area contributed by atoms with Gasteiger partial charge in [0, 0.05) is 4.88 Å². The van der Waals surface area contributed by atoms with Gasteiger partial charge >= 0.3 is 0 Å². The zero-order chi connectivity index (χ0) is 15.6. The molecule has 118 valence electrons. The molecule has 0 bridgehead atoms. The molecule has 1 aliphatic carbocycles. The van der Waals surface area contributed by atoms with Crippen LogP contribution in [0.5, 0.6) is 0 Å². The summed E-state index contributed by atoms with van der Waals surface area (Å²) in [5, 5.41) is 17.7. The van der Waals surface area contributed by atoms with Crippen molar-refractivity contribution in [2.45, 2.75) is 32.2 Å². The lowest BCUT2D eigenvalue weighted by Crippen LogP contribution is -2.24. The van der Waals surface area contributed by atoms with Crippen LogP contribution in [0.3, 0.4) is 0 Å². The van der Waals surface area contributed by atoms with Crippen LogP contribution < -0.4 is 5.32 Å². The summed E-state index contributed by atoms with van der Waals surface area (Å²) in [6, 6.07) is 0. The van der Waals surface area contributed by atoms with E-state index >= 15 is 0 Å². The van der Waals surface area contributed by atoms with E-state index in [0.29, 0.717) is 12.5 Å². The van der Waals surface area contributed by atoms with Crippen molar-refractivity contribution in [2.75, 3.05) is 0 Å². The van der Waals surface area contributed by atoms with Crippen molar-refractivity contribution in [2.24, 2.45) is 0 Å². The Morgan fingerprint density at radius 3 is 2.91 bits per heavy atom. The first-order valence-corrected chi connectivity index (χ1v) is 8.14. The monoisotopic (exact) mass is 330 g/mol. The molecule has 4 rings (SSSR count). The standard InChI is InChI=1S/C13H14N8OS/c22-12(11-18-13(20-19-11)21-6-15-16-7-21)14-5-10-17-8-3-1-2-4-9(8)23-10/h6-7H,1-5H2,(H,14,22)(H,18,19,20). The van der Waals surface area contributed by atoms with Gasteiger partial charge in [-0.2, -0.15) is 4.98 Å². The summed E-state index contributed by atoms with van der Waals surface area (Å²) in [6.07, 6.45) is 7.50. The summed E-state index contributed by atoms with van der Waals surface area (Å²) in [5.74, 6) is 0.157. The van der Waals surface area contributed by atoms with E-state index in [1.165, 1.54) is 40.6 Å². The predicted molar refractivity (Wildman–Crippen MR) is 81.2 cm³/mol. The molecule has 0 aliphatic heterocycles. The number of nitrogens with zero attached hydrogens (tertiary/aromatic N) is 6. The van der Waals surface area contributed by atoms with Crippen molar-refractivity contribution < 1.29 is 4.79 Å². The topological polar surface area (TPSA) is 114 Å². The lowest BCUT2D eigenvalue weighted by molar-refractivity contribution is 0.0941. The average molecular weight is 330 g/mol. The molecule has 9 nitrogen and oxygen atoms in total. The Kier molecular flexibility index (Phi) is 3.58. The van der Waals surface area contributed by atoms with Gasteiger partial charge in [0.25, 0.3) is 11.9 Å². The van der Waals surface area contributed by atoms with E-state index in [-0.39, 0.29) is 11.7 Å². The Morgan fingerprint density at radius 1 is 1.26 bits per heavy atom. The largest absolute Gasteiger partial charge is 0.343 e. The first kappa shape index (κ1) is 14.0. The van der Waals surface area contributed by atoms with E-state index in [1.54, 1.807) is 11.3 Å². The number of aryl methyl sites for hydroxylation is 2. The van der Waals surface area contributed by atoms with Gasteiger partial charge in [-0.1, -0.05) is 0 Å². The highest BCUT2D eigenvalue weighted by Crippen LogP contribution is 2.26. The summed E-state index contributed by atoms with van der Waals surface area (Å²) in [7, 11) is 0. The molecule has 0 unspecified atom stereocenters. The van der Waals surface area contributed by atoms with Gasteiger partial charge in [0.2, 0.25) is 5.82 Å². The zero-order valence-electron chi connectivity index (χ0n) is 12.2. The summed E-state index contributed by atoms with van der Waals surface area (Å²) < 4.78 is 1.52. The average Bonchev–Trinajstić information content (AvgIpc) is 3.31. The molecule has 1 aliphatic rings. The first-order valence-electron chi connectivity index (χ1n) is 7.32. The second-order valence-corrected chi connectivity index (χ2v) is 6.39. The second kappa shape index (κ2) is 5.88. The lowest BCUT2D eigenvalue weighted by Gasteiger charge is -2.06. The third kappa shape index (κ3) is 2.84. The smallest absolute Gasteiger partial charge is 0.289 e. The Morgan fingerprint density at radius 2 is 2.09 bits per heavy atom. The lowest BCUT2D eigenvalue weighted by atomic mass is 10.0. The second-order valence-electron chi connectivity index (χ2n) is 5.22. The van der Waals surface area contributed by atoms with E-state index in [0.717, 1.165) is 17.8 Å². The molecule has 0 atom stereocenters. The molecule has 3 aromatic heterocycles. The molecule has 0 saturated carbocycles. The molecule has 3 heterocycles. The molecule has 3 aromatic rings. The number of H-pyrrole nitrogens is 1. The molecular weight excluding hydrogens is 316 g/mol. The number of hydrogen-bond donors (Lipinski definition) is 2. The zero-order valence-corrected chi connectivity index (χ0v) is 13.0. The van der Waals surface area contributed by atoms with Gasteiger partial charge < -0.3 is 5.32 Å². The van der Waals surface area contributed by atoms with Crippen molar-refractivity contribution in [3.8, 4) is 5.95 Å². The van der Waals surface area contributed by atoms with Gasteiger partial charge in [0.05, 0.1) is 12.2 Å². The SMILES string of the molecule is O=C(NCc1nc2c(s1)CCCC2)c1nc(-n2cnnc2)n[nH]1. The van der Waals surface area contributed by atoms with Gasteiger partial charge in [-0.15, -0.1) is 26.6 Å². The third-order valence-electron chi connectivity index (χ3n) is 3.63. The van der Waals surface area contributed by atoms with Crippen molar-refractivity contribution in [1.29, 1.82) is 0 Å². The van der Waals surface area contributed by atoms with Gasteiger partial charge in [-0.05, 0) is 25.7 Å². The van der Waals surface area contributed by atoms with Crippen LogP contribution >= 0.6 is 11.3 Å². The van der Waals surface area contributed by atoms with Crippen molar-refractivity contribution in [3.05, 3.63) is 34.1 Å². The number of carbonyl (C=O) groups is 1. The Bertz CT molecular complexity index is 798. The third-order valence-corrected chi connectivity index (χ3v) is 4.79. The Labute approximate surface area is 135 Å². The van der Waals surface area contributed by atoms with Crippen LogP contribution in [0.2, 0.25) is 0 Å². The van der Waals surface area contributed by atoms with Crippen LogP contribution in [0.4, 0.5) is 0 Å². The number of aromatic nitrogens is 7. The molecular formula is C13H14N8OS. The molecule has 0 spiro atoms. The Balaban J connectivity index is 1.41. The number of fused-ring (bicyclic) bond motifs is 1. The van der Waals surface area contributed by atoms with Crippen LogP contribution in [-0.4, -0.2) is 40.8 Å². The van der Waals surface area contributed by atoms with Crippen molar-refractivity contribution in [3.63, 3.8) is 0 Å². The molecule has 2 N–H and O–H groups in total. The van der Waals surface area contributed by atoms with E-state index in [1.807, 2.05) is 0 Å². The van der Waals surface area contributed by atoms with Crippen LogP contribution in [0.15, 0.2) is 12.7 Å². The van der Waals surface area contributed by atoms with Crippen molar-refractivity contribution >= 4 is 17.2 Å². The van der Waals surface area contributed by atoms with Gasteiger partial charge in [0.1, 0.15) is 17.7 Å². The van der Waals surface area contributed by atoms with Crippen LogP contribution in [0.25, 0.3) is 5.95 Å². The summed E-state index contributed by atoms with van der Waals surface area (Å²) in [4.78, 5) is 22.2. The number of aromatic amines is 1. The molecule has 0 radical (unpaired) electrons. The number of carbonyl (C=O) groups excluding carboxylic acids is 1. The number of hydrogen-bond acceptors (Lipinski definition) is 7. The molecule has 0 saturated heterocycles. The van der Waals surface area contributed by atoms with Crippen LogP contribution in [-0.2, 0) is 19.4 Å². The summed E-state index contributed by atoms with van der Waals surface area (Å²) in [6.45, 7) is 0.402. The Hall–Kier alpha value is -2.62. The minimum atomic E-state index is -0.315. The molecule has 10 heteroatoms. The maximum atomic E-state index is 12.1. The fourth-order valence-corrected chi connectivity index (χ4v) is 3.59. The molecule has 1 amide bonds. The number of thiazole rings is 1. The highest BCUT2D eigenvalue weighted by atomic mass is 32.1. The first-order chi connectivity index (χ1) is 11.3. The van der Waals surface area contributed by atoms with Gasteiger partial charge in [0.15, 0.2) is 0 Å². The number of amides is 1. The number of nitrogens with one attached hydrogen (secondary N) is 2. The summed E-state index contributed by atoms with van der Waals surface area (Å²) in [5.41, 5.74) is 1.19. The number of rotatable bonds is 4. The van der Waals surface area contributed by atoms with E-state index in [9.17, 15) is 4.79 Å². The van der Waals surface area contributed by atoms with Crippen LogP contribution in [0, 0.1) is 0 Å². The quantitative estimate of drug-likeness (QED) is 0.726. The molecule has 0 aromatic carbocycles. The minimum Gasteiger partial charge on any atom is -0.343 e. The predicted octanol–water partition coefficient (Wildman–Crippen LogP) is 0.651. The highest BCUT2D eigenvalue weighted by Gasteiger charge is 2.17. The maximum absolute atomic E-state index is 12.1. The molecule has 0 fully saturated rings. The van der Waals surface area contributed by atoms with E-state index in [2.05, 4.69) is 35.7 Å². The van der Waals surface area contributed by atoms with E-state index in [4.69, 9.17) is 0 Å². The fourth-order valence-electron chi connectivity index (χ4n) is 2.49. The van der Waals surface area contributed by atoms with Gasteiger partial charge in [-0.25, -0.2) is 4.98 Å². The normalized spacial score (nSPS) is 13.7. The maximum Gasteiger partial charge on any atom is 0.289 e.